The van der Waals surface area contributed by atoms with Crippen molar-refractivity contribution in [1.29, 1.82) is 0 Å². The second kappa shape index (κ2) is 7.99. The van der Waals surface area contributed by atoms with Gasteiger partial charge in [-0.05, 0) is 42.0 Å². The predicted molar refractivity (Wildman–Crippen MR) is 111 cm³/mol. The van der Waals surface area contributed by atoms with E-state index in [0.29, 0.717) is 25.3 Å². The minimum absolute atomic E-state index is 0.0745. The van der Waals surface area contributed by atoms with Gasteiger partial charge < -0.3 is 4.74 Å². The van der Waals surface area contributed by atoms with Gasteiger partial charge in [-0.3, -0.25) is 9.88 Å². The van der Waals surface area contributed by atoms with Crippen LogP contribution in [0, 0.1) is 5.82 Å². The van der Waals surface area contributed by atoms with Crippen molar-refractivity contribution in [3.8, 4) is 5.88 Å². The molecule has 0 bridgehead atoms. The molecule has 2 aliphatic heterocycles. The van der Waals surface area contributed by atoms with Crippen LogP contribution >= 0.6 is 0 Å². The highest BCUT2D eigenvalue weighted by atomic mass is 32.2. The molecule has 2 aliphatic rings. The number of likely N-dealkylation sites (tertiary alicyclic amines) is 1. The molecule has 0 aliphatic carbocycles. The number of nitrogens with zero attached hydrogens (tertiary/aromatic N) is 4. The van der Waals surface area contributed by atoms with Crippen molar-refractivity contribution >= 4 is 10.0 Å². The molecule has 31 heavy (non-hydrogen) atoms. The Hall–Kier alpha value is -2.88. The van der Waals surface area contributed by atoms with Crippen molar-refractivity contribution in [2.24, 2.45) is 0 Å². The highest BCUT2D eigenvalue weighted by Gasteiger charge is 2.47. The number of rotatable bonds is 4. The summed E-state index contributed by atoms with van der Waals surface area (Å²) in [5.41, 5.74) is 1.62. The Balaban J connectivity index is 1.49. The Kier molecular flexibility index (Phi) is 5.17. The van der Waals surface area contributed by atoms with Gasteiger partial charge in [-0.1, -0.05) is 18.2 Å². The Bertz CT molecular complexity index is 1170. The van der Waals surface area contributed by atoms with Gasteiger partial charge in [0, 0.05) is 32.0 Å². The second-order valence-corrected chi connectivity index (χ2v) is 9.58. The van der Waals surface area contributed by atoms with Gasteiger partial charge in [0.1, 0.15) is 16.8 Å². The van der Waals surface area contributed by atoms with Crippen LogP contribution in [0.2, 0.25) is 0 Å². The molecular weight excluding hydrogens is 419 g/mol. The number of hydrogen-bond donors (Lipinski definition) is 0. The molecule has 9 heteroatoms. The highest BCUT2D eigenvalue weighted by Crippen LogP contribution is 2.35. The number of aromatic nitrogens is 2. The first kappa shape index (κ1) is 20.0. The summed E-state index contributed by atoms with van der Waals surface area (Å²) in [6, 6.07) is 14.5. The molecule has 0 N–H and O–H groups in total. The summed E-state index contributed by atoms with van der Waals surface area (Å²) in [5, 5.41) is 0. The molecule has 0 saturated carbocycles. The van der Waals surface area contributed by atoms with Crippen molar-refractivity contribution in [1.82, 2.24) is 19.2 Å². The number of benzene rings is 1. The minimum Gasteiger partial charge on any atom is -0.470 e. The fourth-order valence-corrected chi connectivity index (χ4v) is 5.85. The van der Waals surface area contributed by atoms with E-state index in [-0.39, 0.29) is 29.2 Å². The van der Waals surface area contributed by atoms with Gasteiger partial charge in [-0.15, -0.1) is 0 Å². The summed E-state index contributed by atoms with van der Waals surface area (Å²) in [6.45, 7) is 1.74. The van der Waals surface area contributed by atoms with Crippen molar-refractivity contribution in [3.05, 3.63) is 84.1 Å². The van der Waals surface area contributed by atoms with Crippen LogP contribution in [0.1, 0.15) is 11.3 Å². The third kappa shape index (κ3) is 3.91. The van der Waals surface area contributed by atoms with Crippen molar-refractivity contribution in [3.63, 3.8) is 0 Å². The summed E-state index contributed by atoms with van der Waals surface area (Å²) < 4.78 is 48.0. The van der Waals surface area contributed by atoms with Gasteiger partial charge >= 0.3 is 0 Å². The van der Waals surface area contributed by atoms with E-state index < -0.39 is 16.1 Å². The molecule has 1 fully saturated rings. The molecule has 160 valence electrons. The zero-order valence-electron chi connectivity index (χ0n) is 16.6. The molecule has 7 nitrogen and oxygen atoms in total. The number of fused-ring (bicyclic) bond motifs is 2. The Morgan fingerprint density at radius 1 is 0.968 bits per heavy atom. The molecule has 0 amide bonds. The van der Waals surface area contributed by atoms with E-state index >= 15 is 0 Å². The zero-order chi connectivity index (χ0) is 21.4. The van der Waals surface area contributed by atoms with Crippen molar-refractivity contribution in [2.75, 3.05) is 13.1 Å². The summed E-state index contributed by atoms with van der Waals surface area (Å²) in [7, 11) is -3.84. The lowest BCUT2D eigenvalue weighted by molar-refractivity contribution is 0.143. The van der Waals surface area contributed by atoms with E-state index in [9.17, 15) is 12.8 Å². The summed E-state index contributed by atoms with van der Waals surface area (Å²) in [4.78, 5) is 10.7. The molecule has 1 saturated heterocycles. The minimum atomic E-state index is -3.84. The van der Waals surface area contributed by atoms with Crippen LogP contribution < -0.4 is 4.74 Å². The molecule has 0 unspecified atom stereocenters. The Labute approximate surface area is 180 Å². The maximum absolute atomic E-state index is 13.6. The molecule has 2 atom stereocenters. The van der Waals surface area contributed by atoms with Gasteiger partial charge in [0.25, 0.3) is 0 Å². The molecule has 0 spiro atoms. The van der Waals surface area contributed by atoms with Crippen molar-refractivity contribution < 1.29 is 17.5 Å². The van der Waals surface area contributed by atoms with Gasteiger partial charge in [0.2, 0.25) is 15.9 Å². The lowest BCUT2D eigenvalue weighted by atomic mass is 10.2. The fraction of sp³-hybridized carbons (Fsp3) is 0.273. The lowest BCUT2D eigenvalue weighted by Gasteiger charge is -2.27. The SMILES string of the molecule is O=S1(=O)c2cccnc2O[C@H]2CN(Cc3ccc(F)cc3)C[C@@H]2N1Cc1ccccn1. The van der Waals surface area contributed by atoms with Crippen LogP contribution in [0.5, 0.6) is 5.88 Å². The Morgan fingerprint density at radius 3 is 2.55 bits per heavy atom. The summed E-state index contributed by atoms with van der Waals surface area (Å²) in [6.07, 6.45) is 2.80. The van der Waals surface area contributed by atoms with E-state index in [4.69, 9.17) is 4.74 Å². The van der Waals surface area contributed by atoms with E-state index in [2.05, 4.69) is 14.9 Å². The average Bonchev–Trinajstić information content (AvgIpc) is 3.12. The van der Waals surface area contributed by atoms with Crippen LogP contribution in [0.25, 0.3) is 0 Å². The van der Waals surface area contributed by atoms with Crippen LogP contribution in [-0.2, 0) is 23.1 Å². The quantitative estimate of drug-likeness (QED) is 0.621. The van der Waals surface area contributed by atoms with Crippen LogP contribution in [0.4, 0.5) is 4.39 Å². The van der Waals surface area contributed by atoms with Crippen molar-refractivity contribution in [2.45, 2.75) is 30.1 Å². The van der Waals surface area contributed by atoms with E-state index in [1.54, 1.807) is 30.5 Å². The number of pyridine rings is 2. The van der Waals surface area contributed by atoms with Gasteiger partial charge in [-0.25, -0.2) is 17.8 Å². The topological polar surface area (TPSA) is 75.6 Å². The standard InChI is InChI=1S/C22H21FN4O3S/c23-17-8-6-16(7-9-17)12-26-14-19-20(15-26)30-22-21(5-3-11-25-22)31(28,29)27(19)13-18-4-1-2-10-24-18/h1-11,19-20H,12-15H2/t19-,20-/m0/s1. The second-order valence-electron chi connectivity index (χ2n) is 7.72. The molecular formula is C22H21FN4O3S. The van der Waals surface area contributed by atoms with Gasteiger partial charge in [-0.2, -0.15) is 4.31 Å². The molecule has 1 aromatic carbocycles. The molecule has 4 heterocycles. The first-order valence-electron chi connectivity index (χ1n) is 10.0. The first-order chi connectivity index (χ1) is 15.0. The fourth-order valence-electron chi connectivity index (χ4n) is 4.16. The monoisotopic (exact) mass is 440 g/mol. The first-order valence-corrected chi connectivity index (χ1v) is 11.4. The molecule has 2 aromatic heterocycles. The van der Waals surface area contributed by atoms with Gasteiger partial charge in [0.15, 0.2) is 0 Å². The summed E-state index contributed by atoms with van der Waals surface area (Å²) >= 11 is 0. The van der Waals surface area contributed by atoms with Crippen LogP contribution in [0.3, 0.4) is 0 Å². The zero-order valence-corrected chi connectivity index (χ0v) is 17.5. The third-order valence-electron chi connectivity index (χ3n) is 5.63. The molecule has 3 aromatic rings. The predicted octanol–water partition coefficient (Wildman–Crippen LogP) is 2.45. The lowest BCUT2D eigenvalue weighted by Crippen LogP contribution is -2.46. The number of halogens is 1. The number of sulfonamides is 1. The van der Waals surface area contributed by atoms with Crippen LogP contribution in [-0.4, -0.2) is 52.8 Å². The normalized spacial score (nSPS) is 22.9. The maximum Gasteiger partial charge on any atom is 0.249 e. The third-order valence-corrected chi connectivity index (χ3v) is 7.52. The largest absolute Gasteiger partial charge is 0.470 e. The maximum atomic E-state index is 13.6. The summed E-state index contributed by atoms with van der Waals surface area (Å²) in [5.74, 6) is -0.154. The molecule has 0 radical (unpaired) electrons. The molecule has 5 rings (SSSR count). The van der Waals surface area contributed by atoms with Crippen LogP contribution in [0.15, 0.2) is 71.9 Å². The van der Waals surface area contributed by atoms with E-state index in [0.717, 1.165) is 5.56 Å². The number of ether oxygens (including phenoxy) is 1. The van der Waals surface area contributed by atoms with E-state index in [1.807, 2.05) is 12.1 Å². The average molecular weight is 441 g/mol. The van der Waals surface area contributed by atoms with Gasteiger partial charge in [0.05, 0.1) is 18.3 Å². The highest BCUT2D eigenvalue weighted by molar-refractivity contribution is 7.89. The Morgan fingerprint density at radius 2 is 1.77 bits per heavy atom. The van der Waals surface area contributed by atoms with E-state index in [1.165, 1.54) is 28.7 Å². The number of hydrogen-bond acceptors (Lipinski definition) is 6. The smallest absolute Gasteiger partial charge is 0.249 e.